The van der Waals surface area contributed by atoms with Crippen LogP contribution in [0.3, 0.4) is 0 Å². The lowest BCUT2D eigenvalue weighted by atomic mass is 10.1. The molecule has 0 fully saturated rings. The minimum atomic E-state index is -0.329. The first-order valence-corrected chi connectivity index (χ1v) is 7.89. The van der Waals surface area contributed by atoms with Crippen LogP contribution in [-0.4, -0.2) is 51.1 Å². The molecule has 0 unspecified atom stereocenters. The lowest BCUT2D eigenvalue weighted by Gasteiger charge is -2.15. The number of allylic oxidation sites excluding steroid dienone is 3. The number of nitrogens with one attached hydrogen (secondary N) is 1. The third-order valence-corrected chi connectivity index (χ3v) is 3.49. The van der Waals surface area contributed by atoms with Gasteiger partial charge in [0.15, 0.2) is 11.5 Å². The van der Waals surface area contributed by atoms with Crippen LogP contribution in [0.15, 0.2) is 34.4 Å². The Bertz CT molecular complexity index is 573. The van der Waals surface area contributed by atoms with Crippen LogP contribution in [0, 0.1) is 0 Å². The summed E-state index contributed by atoms with van der Waals surface area (Å²) in [5.41, 5.74) is 1.46. The average molecular weight is 336 g/mol. The minimum Gasteiger partial charge on any atom is -0.382 e. The maximum Gasteiger partial charge on any atom is 0.273 e. The summed E-state index contributed by atoms with van der Waals surface area (Å²) in [6, 6.07) is 1.34. The maximum absolute atomic E-state index is 12.1. The molecule has 1 N–H and O–H groups in total. The molecule has 1 aliphatic carbocycles. The Kier molecular flexibility index (Phi) is 7.67. The van der Waals surface area contributed by atoms with E-state index in [0.717, 1.165) is 12.8 Å². The summed E-state index contributed by atoms with van der Waals surface area (Å²) >= 11 is 0. The Hall–Kier alpha value is -1.96. The van der Waals surface area contributed by atoms with Crippen LogP contribution in [0.2, 0.25) is 0 Å². The van der Waals surface area contributed by atoms with E-state index in [-0.39, 0.29) is 24.2 Å². The molecule has 0 radical (unpaired) electrons. The molecular formula is C17H24N2O5. The highest BCUT2D eigenvalue weighted by molar-refractivity contribution is 5.92. The van der Waals surface area contributed by atoms with Crippen molar-refractivity contribution >= 4 is 5.91 Å². The Morgan fingerprint density at radius 3 is 2.79 bits per heavy atom. The maximum atomic E-state index is 12.1. The van der Waals surface area contributed by atoms with Gasteiger partial charge in [0.05, 0.1) is 25.9 Å². The van der Waals surface area contributed by atoms with Crippen LogP contribution in [0.25, 0.3) is 0 Å². The van der Waals surface area contributed by atoms with Gasteiger partial charge in [-0.3, -0.25) is 4.79 Å². The zero-order valence-corrected chi connectivity index (χ0v) is 14.1. The first kappa shape index (κ1) is 18.4. The van der Waals surface area contributed by atoms with Gasteiger partial charge < -0.3 is 24.1 Å². The number of carbonyl (C=O) groups is 1. The van der Waals surface area contributed by atoms with E-state index in [1.807, 2.05) is 6.08 Å². The van der Waals surface area contributed by atoms with E-state index in [1.54, 1.807) is 20.3 Å². The van der Waals surface area contributed by atoms with E-state index in [1.165, 1.54) is 5.57 Å². The molecule has 0 saturated heterocycles. The Balaban J connectivity index is 1.79. The second-order valence-corrected chi connectivity index (χ2v) is 5.54. The van der Waals surface area contributed by atoms with Crippen molar-refractivity contribution < 1.29 is 23.5 Å². The van der Waals surface area contributed by atoms with Gasteiger partial charge in [-0.05, 0) is 18.4 Å². The molecule has 0 aliphatic heterocycles. The molecule has 1 aliphatic rings. The van der Waals surface area contributed by atoms with E-state index in [9.17, 15) is 4.79 Å². The fraction of sp³-hybridized carbons (Fsp3) is 0.529. The summed E-state index contributed by atoms with van der Waals surface area (Å²) in [5.74, 6) is 0.186. The molecule has 132 valence electrons. The fourth-order valence-corrected chi connectivity index (χ4v) is 2.34. The van der Waals surface area contributed by atoms with Crippen molar-refractivity contribution in [3.8, 4) is 0 Å². The van der Waals surface area contributed by atoms with Crippen LogP contribution in [0.4, 0.5) is 0 Å². The zero-order chi connectivity index (χ0) is 17.2. The monoisotopic (exact) mass is 336 g/mol. The molecule has 0 saturated carbocycles. The summed E-state index contributed by atoms with van der Waals surface area (Å²) in [6.07, 6.45) is 8.29. The Labute approximate surface area is 141 Å². The molecular weight excluding hydrogens is 312 g/mol. The van der Waals surface area contributed by atoms with Crippen molar-refractivity contribution in [1.29, 1.82) is 0 Å². The predicted octanol–water partition coefficient (Wildman–Crippen LogP) is 1.86. The van der Waals surface area contributed by atoms with Gasteiger partial charge in [-0.15, -0.1) is 0 Å². The van der Waals surface area contributed by atoms with Crippen molar-refractivity contribution in [3.63, 3.8) is 0 Å². The zero-order valence-electron chi connectivity index (χ0n) is 14.1. The van der Waals surface area contributed by atoms with Gasteiger partial charge in [-0.25, -0.2) is 0 Å². The molecule has 7 heteroatoms. The highest BCUT2D eigenvalue weighted by Crippen LogP contribution is 2.13. The van der Waals surface area contributed by atoms with Crippen molar-refractivity contribution in [1.82, 2.24) is 10.5 Å². The molecule has 7 nitrogen and oxygen atoms in total. The van der Waals surface area contributed by atoms with E-state index < -0.39 is 0 Å². The third kappa shape index (κ3) is 5.92. The van der Waals surface area contributed by atoms with Gasteiger partial charge in [-0.2, -0.15) is 0 Å². The van der Waals surface area contributed by atoms with Crippen molar-refractivity contribution in [2.45, 2.75) is 25.5 Å². The third-order valence-electron chi connectivity index (χ3n) is 3.49. The number of hydrogen-bond donors (Lipinski definition) is 1. The molecule has 2 rings (SSSR count). The summed E-state index contributed by atoms with van der Waals surface area (Å²) in [6.45, 7) is 1.55. The lowest BCUT2D eigenvalue weighted by molar-refractivity contribution is 0.0771. The van der Waals surface area contributed by atoms with Crippen molar-refractivity contribution in [2.75, 3.05) is 34.0 Å². The molecule has 0 bridgehead atoms. The predicted molar refractivity (Wildman–Crippen MR) is 87.6 cm³/mol. The van der Waals surface area contributed by atoms with E-state index in [0.29, 0.717) is 25.6 Å². The highest BCUT2D eigenvalue weighted by Gasteiger charge is 2.17. The largest absolute Gasteiger partial charge is 0.382 e. The summed E-state index contributed by atoms with van der Waals surface area (Å²) in [7, 11) is 3.13. The molecule has 1 heterocycles. The molecule has 1 aromatic heterocycles. The molecule has 0 spiro atoms. The van der Waals surface area contributed by atoms with Gasteiger partial charge in [-0.1, -0.05) is 23.4 Å². The van der Waals surface area contributed by atoms with Crippen molar-refractivity contribution in [3.05, 3.63) is 41.3 Å². The number of carbonyl (C=O) groups excluding carboxylic acids is 1. The van der Waals surface area contributed by atoms with Gasteiger partial charge in [0.25, 0.3) is 5.91 Å². The summed E-state index contributed by atoms with van der Waals surface area (Å²) < 4.78 is 20.8. The van der Waals surface area contributed by atoms with Crippen LogP contribution in [0.5, 0.6) is 0 Å². The summed E-state index contributed by atoms with van der Waals surface area (Å²) in [4.78, 5) is 12.1. The van der Waals surface area contributed by atoms with Crippen molar-refractivity contribution in [2.24, 2.45) is 0 Å². The first-order valence-electron chi connectivity index (χ1n) is 7.89. The molecule has 0 aromatic carbocycles. The SMILES string of the molecule is COCC(COC)NC(=O)c1cc(COCC2=CC=CCC2)on1. The van der Waals surface area contributed by atoms with E-state index in [4.69, 9.17) is 18.7 Å². The first-order chi connectivity index (χ1) is 11.7. The van der Waals surface area contributed by atoms with Crippen LogP contribution < -0.4 is 5.32 Å². The number of amides is 1. The molecule has 1 amide bonds. The fourth-order valence-electron chi connectivity index (χ4n) is 2.34. The lowest BCUT2D eigenvalue weighted by Crippen LogP contribution is -2.41. The molecule has 1 aromatic rings. The van der Waals surface area contributed by atoms with Gasteiger partial charge in [0.2, 0.25) is 0 Å². The Morgan fingerprint density at radius 2 is 2.12 bits per heavy atom. The number of ether oxygens (including phenoxy) is 3. The second-order valence-electron chi connectivity index (χ2n) is 5.54. The van der Waals surface area contributed by atoms with E-state index >= 15 is 0 Å². The minimum absolute atomic E-state index is 0.214. The number of rotatable bonds is 10. The topological polar surface area (TPSA) is 82.8 Å². The summed E-state index contributed by atoms with van der Waals surface area (Å²) in [5, 5.41) is 6.57. The van der Waals surface area contributed by atoms with Gasteiger partial charge in [0.1, 0.15) is 6.61 Å². The van der Waals surface area contributed by atoms with Crippen LogP contribution in [0.1, 0.15) is 29.1 Å². The van der Waals surface area contributed by atoms with Crippen LogP contribution in [-0.2, 0) is 20.8 Å². The van der Waals surface area contributed by atoms with Gasteiger partial charge in [0, 0.05) is 20.3 Å². The standard InChI is InChI=1S/C17H24N2O5/c1-21-10-14(11-22-2)18-17(20)16-8-15(24-19-16)12-23-9-13-6-4-3-5-7-13/h3-4,6,8,14H,5,7,9-12H2,1-2H3,(H,18,20). The Morgan fingerprint density at radius 1 is 1.33 bits per heavy atom. The van der Waals surface area contributed by atoms with Crippen LogP contribution >= 0.6 is 0 Å². The normalized spacial score (nSPS) is 14.0. The number of aromatic nitrogens is 1. The quantitative estimate of drug-likeness (QED) is 0.702. The number of nitrogens with zero attached hydrogens (tertiary/aromatic N) is 1. The molecule has 24 heavy (non-hydrogen) atoms. The van der Waals surface area contributed by atoms with E-state index in [2.05, 4.69) is 22.6 Å². The highest BCUT2D eigenvalue weighted by atomic mass is 16.5. The average Bonchev–Trinajstić information content (AvgIpc) is 3.05. The number of methoxy groups -OCH3 is 2. The van der Waals surface area contributed by atoms with Gasteiger partial charge >= 0.3 is 0 Å². The smallest absolute Gasteiger partial charge is 0.273 e. The number of hydrogen-bond acceptors (Lipinski definition) is 6. The second kappa shape index (κ2) is 10.0. The molecule has 0 atom stereocenters.